The molecule has 0 aliphatic carbocycles. The third-order valence-electron chi connectivity index (χ3n) is 4.13. The molecule has 22 heavy (non-hydrogen) atoms. The Morgan fingerprint density at radius 1 is 1.09 bits per heavy atom. The number of hydrogen-bond donors (Lipinski definition) is 1. The number of nitrogens with zero attached hydrogens (tertiary/aromatic N) is 2. The Morgan fingerprint density at radius 3 is 2.50 bits per heavy atom. The van der Waals surface area contributed by atoms with Crippen molar-refractivity contribution in [2.75, 3.05) is 0 Å². The summed E-state index contributed by atoms with van der Waals surface area (Å²) in [6.07, 6.45) is 3.76. The van der Waals surface area contributed by atoms with E-state index in [4.69, 9.17) is 10.7 Å². The summed E-state index contributed by atoms with van der Waals surface area (Å²) in [5.41, 5.74) is 11.4. The molecule has 0 saturated heterocycles. The molecule has 0 spiro atoms. The van der Waals surface area contributed by atoms with Crippen molar-refractivity contribution < 1.29 is 0 Å². The Kier molecular flexibility index (Phi) is 4.07. The van der Waals surface area contributed by atoms with Crippen molar-refractivity contribution >= 4 is 17.1 Å². The van der Waals surface area contributed by atoms with Gasteiger partial charge in [0.1, 0.15) is 5.82 Å². The number of rotatable bonds is 5. The molecule has 2 aromatic carbocycles. The molecule has 0 radical (unpaired) electrons. The first-order valence-electron chi connectivity index (χ1n) is 7.57. The van der Waals surface area contributed by atoms with Crippen molar-refractivity contribution in [3.05, 3.63) is 71.6 Å². The van der Waals surface area contributed by atoms with E-state index in [1.807, 2.05) is 6.08 Å². The molecule has 3 heteroatoms. The third-order valence-corrected chi connectivity index (χ3v) is 4.13. The van der Waals surface area contributed by atoms with E-state index in [0.29, 0.717) is 6.54 Å². The summed E-state index contributed by atoms with van der Waals surface area (Å²) >= 11 is 0. The van der Waals surface area contributed by atoms with E-state index < -0.39 is 0 Å². The third kappa shape index (κ3) is 2.81. The van der Waals surface area contributed by atoms with E-state index >= 15 is 0 Å². The van der Waals surface area contributed by atoms with Gasteiger partial charge in [0.05, 0.1) is 11.0 Å². The van der Waals surface area contributed by atoms with E-state index in [2.05, 4.69) is 60.7 Å². The molecule has 0 bridgehead atoms. The fraction of sp³-hybridized carbons (Fsp3) is 0.211. The van der Waals surface area contributed by atoms with Gasteiger partial charge in [-0.05, 0) is 35.2 Å². The van der Waals surface area contributed by atoms with E-state index in [9.17, 15) is 0 Å². The van der Waals surface area contributed by atoms with E-state index in [-0.39, 0.29) is 0 Å². The molecule has 0 saturated carbocycles. The van der Waals surface area contributed by atoms with Gasteiger partial charge < -0.3 is 10.3 Å². The van der Waals surface area contributed by atoms with Crippen molar-refractivity contribution in [3.8, 4) is 0 Å². The Balaban J connectivity index is 1.80. The lowest BCUT2D eigenvalue weighted by molar-refractivity contribution is 0.786. The van der Waals surface area contributed by atoms with Crippen molar-refractivity contribution in [2.45, 2.75) is 19.4 Å². The molecule has 0 aliphatic heterocycles. The van der Waals surface area contributed by atoms with Gasteiger partial charge in [-0.15, -0.1) is 0 Å². The van der Waals surface area contributed by atoms with Gasteiger partial charge in [-0.25, -0.2) is 4.98 Å². The van der Waals surface area contributed by atoms with Crippen molar-refractivity contribution in [1.29, 1.82) is 0 Å². The molecule has 3 rings (SSSR count). The maximum atomic E-state index is 5.63. The molecule has 1 aromatic heterocycles. The molecular formula is C19H21N3. The van der Waals surface area contributed by atoms with Crippen LogP contribution in [0.1, 0.15) is 22.5 Å². The highest BCUT2D eigenvalue weighted by Gasteiger charge is 2.08. The monoisotopic (exact) mass is 291 g/mol. The smallest absolute Gasteiger partial charge is 0.109 e. The van der Waals surface area contributed by atoms with Crippen LogP contribution in [0.2, 0.25) is 0 Å². The fourth-order valence-electron chi connectivity index (χ4n) is 2.72. The van der Waals surface area contributed by atoms with Gasteiger partial charge in [-0.3, -0.25) is 0 Å². The molecule has 2 N–H and O–H groups in total. The number of imidazole rings is 1. The SMILES string of the molecule is C=Cc1ccc2c(c1)nc(CCc1ccc(CN)cc1)n2C. The first-order valence-corrected chi connectivity index (χ1v) is 7.57. The maximum Gasteiger partial charge on any atom is 0.109 e. The zero-order chi connectivity index (χ0) is 15.5. The lowest BCUT2D eigenvalue weighted by atomic mass is 10.1. The molecule has 0 fully saturated rings. The Bertz CT molecular complexity index is 797. The van der Waals surface area contributed by atoms with Crippen LogP contribution in [-0.4, -0.2) is 9.55 Å². The predicted octanol–water partition coefficient (Wildman–Crippen LogP) is 3.46. The Hall–Kier alpha value is -2.39. The van der Waals surface area contributed by atoms with Crippen LogP contribution in [0.4, 0.5) is 0 Å². The van der Waals surface area contributed by atoms with Gasteiger partial charge in [0.25, 0.3) is 0 Å². The van der Waals surface area contributed by atoms with Crippen LogP contribution < -0.4 is 5.73 Å². The van der Waals surface area contributed by atoms with Crippen LogP contribution in [0.25, 0.3) is 17.1 Å². The molecule has 3 nitrogen and oxygen atoms in total. The summed E-state index contributed by atoms with van der Waals surface area (Å²) in [5.74, 6) is 1.11. The van der Waals surface area contributed by atoms with Gasteiger partial charge >= 0.3 is 0 Å². The molecule has 0 aliphatic rings. The highest BCUT2D eigenvalue weighted by atomic mass is 15.1. The minimum atomic E-state index is 0.594. The minimum absolute atomic E-state index is 0.594. The van der Waals surface area contributed by atoms with Crippen LogP contribution >= 0.6 is 0 Å². The van der Waals surface area contributed by atoms with Crippen LogP contribution in [-0.2, 0) is 26.4 Å². The number of fused-ring (bicyclic) bond motifs is 1. The highest BCUT2D eigenvalue weighted by Crippen LogP contribution is 2.18. The first kappa shape index (κ1) is 14.5. The van der Waals surface area contributed by atoms with Gasteiger partial charge in [-0.1, -0.05) is 43.0 Å². The summed E-state index contributed by atoms with van der Waals surface area (Å²) < 4.78 is 2.18. The largest absolute Gasteiger partial charge is 0.331 e. The highest BCUT2D eigenvalue weighted by molar-refractivity contribution is 5.78. The normalized spacial score (nSPS) is 11.0. The second kappa shape index (κ2) is 6.16. The van der Waals surface area contributed by atoms with E-state index in [1.54, 1.807) is 0 Å². The zero-order valence-corrected chi connectivity index (χ0v) is 12.9. The van der Waals surface area contributed by atoms with Crippen LogP contribution in [0, 0.1) is 0 Å². The Morgan fingerprint density at radius 2 is 1.82 bits per heavy atom. The average molecular weight is 291 g/mol. The Labute approximate surface area is 131 Å². The molecular weight excluding hydrogens is 270 g/mol. The molecule has 112 valence electrons. The summed E-state index contributed by atoms with van der Waals surface area (Å²) in [6.45, 7) is 4.41. The topological polar surface area (TPSA) is 43.8 Å². The summed E-state index contributed by atoms with van der Waals surface area (Å²) in [7, 11) is 2.08. The van der Waals surface area contributed by atoms with Crippen molar-refractivity contribution in [1.82, 2.24) is 9.55 Å². The van der Waals surface area contributed by atoms with Crippen LogP contribution in [0.3, 0.4) is 0 Å². The minimum Gasteiger partial charge on any atom is -0.331 e. The van der Waals surface area contributed by atoms with Crippen molar-refractivity contribution in [2.24, 2.45) is 12.8 Å². The summed E-state index contributed by atoms with van der Waals surface area (Å²) in [4.78, 5) is 4.76. The molecule has 3 aromatic rings. The predicted molar refractivity (Wildman–Crippen MR) is 92.5 cm³/mol. The second-order valence-corrected chi connectivity index (χ2v) is 5.56. The lowest BCUT2D eigenvalue weighted by Crippen LogP contribution is -2.01. The van der Waals surface area contributed by atoms with Crippen LogP contribution in [0.15, 0.2) is 49.0 Å². The van der Waals surface area contributed by atoms with E-state index in [0.717, 1.165) is 29.7 Å². The van der Waals surface area contributed by atoms with Crippen molar-refractivity contribution in [3.63, 3.8) is 0 Å². The lowest BCUT2D eigenvalue weighted by Gasteiger charge is -2.04. The summed E-state index contributed by atoms with van der Waals surface area (Å²) in [5, 5.41) is 0. The number of hydrogen-bond acceptors (Lipinski definition) is 2. The van der Waals surface area contributed by atoms with Gasteiger partial charge in [0.2, 0.25) is 0 Å². The standard InChI is InChI=1S/C19H21N3/c1-3-14-8-10-18-17(12-14)21-19(22(18)2)11-9-15-4-6-16(13-20)7-5-15/h3-8,10,12H,1,9,11,13,20H2,2H3. The number of aryl methyl sites for hydroxylation is 3. The first-order chi connectivity index (χ1) is 10.7. The molecule has 0 unspecified atom stereocenters. The second-order valence-electron chi connectivity index (χ2n) is 5.56. The van der Waals surface area contributed by atoms with Crippen LogP contribution in [0.5, 0.6) is 0 Å². The summed E-state index contributed by atoms with van der Waals surface area (Å²) in [6, 6.07) is 14.8. The van der Waals surface area contributed by atoms with Gasteiger partial charge in [0, 0.05) is 20.0 Å². The van der Waals surface area contributed by atoms with Gasteiger partial charge in [-0.2, -0.15) is 0 Å². The average Bonchev–Trinajstić information content (AvgIpc) is 2.89. The zero-order valence-electron chi connectivity index (χ0n) is 12.9. The number of aromatic nitrogens is 2. The quantitative estimate of drug-likeness (QED) is 0.782. The molecule has 1 heterocycles. The maximum absolute atomic E-state index is 5.63. The van der Waals surface area contributed by atoms with E-state index in [1.165, 1.54) is 16.6 Å². The molecule has 0 atom stereocenters. The fourth-order valence-corrected chi connectivity index (χ4v) is 2.72. The van der Waals surface area contributed by atoms with Gasteiger partial charge in [0.15, 0.2) is 0 Å². The number of benzene rings is 2. The molecule has 0 amide bonds. The number of nitrogens with two attached hydrogens (primary N) is 1.